The summed E-state index contributed by atoms with van der Waals surface area (Å²) in [7, 11) is 0. The Morgan fingerprint density at radius 1 is 0.905 bits per heavy atom. The van der Waals surface area contributed by atoms with Crippen molar-refractivity contribution in [3.63, 3.8) is 0 Å². The van der Waals surface area contributed by atoms with Gasteiger partial charge in [-0.1, -0.05) is 78.1 Å². The highest BCUT2D eigenvalue weighted by molar-refractivity contribution is 4.79. The molecule has 0 bridgehead atoms. The maximum Gasteiger partial charge on any atom is 0.0510 e. The van der Waals surface area contributed by atoms with Crippen LogP contribution in [0.5, 0.6) is 0 Å². The number of hydrogen-bond acceptors (Lipinski definition) is 2. The lowest BCUT2D eigenvalue weighted by Crippen LogP contribution is -2.36. The van der Waals surface area contributed by atoms with Crippen LogP contribution in [0.25, 0.3) is 0 Å². The van der Waals surface area contributed by atoms with Crippen molar-refractivity contribution in [1.82, 2.24) is 5.32 Å². The molecule has 21 heavy (non-hydrogen) atoms. The normalized spacial score (nSPS) is 20.0. The van der Waals surface area contributed by atoms with Crippen LogP contribution in [0.1, 0.15) is 90.9 Å². The number of ether oxygens (including phenoxy) is 1. The molecule has 0 aromatic rings. The van der Waals surface area contributed by atoms with Crippen LogP contribution in [-0.4, -0.2) is 25.8 Å². The van der Waals surface area contributed by atoms with E-state index in [0.717, 1.165) is 25.7 Å². The van der Waals surface area contributed by atoms with Gasteiger partial charge in [0, 0.05) is 12.6 Å². The molecule has 2 unspecified atom stereocenters. The summed E-state index contributed by atoms with van der Waals surface area (Å²) < 4.78 is 5.54. The first-order valence-corrected chi connectivity index (χ1v) is 9.69. The zero-order valence-corrected chi connectivity index (χ0v) is 14.7. The Morgan fingerprint density at radius 3 is 2.05 bits per heavy atom. The fourth-order valence-electron chi connectivity index (χ4n) is 3.49. The molecule has 2 nitrogen and oxygen atoms in total. The van der Waals surface area contributed by atoms with E-state index >= 15 is 0 Å². The standard InChI is InChI=1S/C19H39NO/c1-3-5-6-7-8-9-10-11-12-13-14-19(20-4-2)18-15-16-21-17-18/h18-20H,3-17H2,1-2H3. The maximum absolute atomic E-state index is 5.54. The van der Waals surface area contributed by atoms with Gasteiger partial charge in [0.25, 0.3) is 0 Å². The van der Waals surface area contributed by atoms with Crippen LogP contribution in [0, 0.1) is 5.92 Å². The summed E-state index contributed by atoms with van der Waals surface area (Å²) in [6, 6.07) is 0.701. The average Bonchev–Trinajstić information content (AvgIpc) is 3.02. The van der Waals surface area contributed by atoms with E-state index in [1.165, 1.54) is 77.0 Å². The molecule has 1 N–H and O–H groups in total. The molecule has 2 heteroatoms. The molecule has 126 valence electrons. The quantitative estimate of drug-likeness (QED) is 0.439. The molecule has 0 aromatic heterocycles. The van der Waals surface area contributed by atoms with Crippen molar-refractivity contribution in [2.75, 3.05) is 19.8 Å². The van der Waals surface area contributed by atoms with Gasteiger partial charge in [0.1, 0.15) is 0 Å². The van der Waals surface area contributed by atoms with Gasteiger partial charge in [-0.3, -0.25) is 0 Å². The molecule has 0 amide bonds. The van der Waals surface area contributed by atoms with Crippen molar-refractivity contribution in [3.8, 4) is 0 Å². The third-order valence-corrected chi connectivity index (χ3v) is 4.87. The summed E-state index contributed by atoms with van der Waals surface area (Å²) in [4.78, 5) is 0. The monoisotopic (exact) mass is 297 g/mol. The lowest BCUT2D eigenvalue weighted by atomic mass is 9.93. The molecular weight excluding hydrogens is 258 g/mol. The predicted molar refractivity (Wildman–Crippen MR) is 92.9 cm³/mol. The van der Waals surface area contributed by atoms with Gasteiger partial charge >= 0.3 is 0 Å². The molecular formula is C19H39NO. The SMILES string of the molecule is CCCCCCCCCCCCC(NCC)C1CCOC1. The minimum atomic E-state index is 0.701. The summed E-state index contributed by atoms with van der Waals surface area (Å²) in [6.45, 7) is 7.57. The van der Waals surface area contributed by atoms with Crippen molar-refractivity contribution >= 4 is 0 Å². The van der Waals surface area contributed by atoms with E-state index in [1.807, 2.05) is 0 Å². The third-order valence-electron chi connectivity index (χ3n) is 4.87. The van der Waals surface area contributed by atoms with E-state index in [0.29, 0.717) is 6.04 Å². The van der Waals surface area contributed by atoms with Crippen molar-refractivity contribution in [1.29, 1.82) is 0 Å². The molecule has 0 saturated carbocycles. The number of hydrogen-bond donors (Lipinski definition) is 1. The van der Waals surface area contributed by atoms with Gasteiger partial charge < -0.3 is 10.1 Å². The van der Waals surface area contributed by atoms with Gasteiger partial charge in [0.15, 0.2) is 0 Å². The van der Waals surface area contributed by atoms with Crippen LogP contribution in [0.2, 0.25) is 0 Å². The van der Waals surface area contributed by atoms with Gasteiger partial charge in [0.05, 0.1) is 6.61 Å². The van der Waals surface area contributed by atoms with Crippen molar-refractivity contribution in [2.24, 2.45) is 5.92 Å². The molecule has 0 aliphatic carbocycles. The van der Waals surface area contributed by atoms with Crippen molar-refractivity contribution in [2.45, 2.75) is 96.9 Å². The summed E-state index contributed by atoms with van der Waals surface area (Å²) in [5.41, 5.74) is 0. The smallest absolute Gasteiger partial charge is 0.0510 e. The highest BCUT2D eigenvalue weighted by Crippen LogP contribution is 2.21. The molecule has 0 radical (unpaired) electrons. The molecule has 1 aliphatic rings. The van der Waals surface area contributed by atoms with E-state index in [-0.39, 0.29) is 0 Å². The van der Waals surface area contributed by atoms with Crippen LogP contribution in [0.4, 0.5) is 0 Å². The first-order chi connectivity index (χ1) is 10.4. The minimum Gasteiger partial charge on any atom is -0.381 e. The Labute approximate surface area is 133 Å². The number of nitrogens with one attached hydrogen (secondary N) is 1. The van der Waals surface area contributed by atoms with E-state index in [4.69, 9.17) is 4.74 Å². The maximum atomic E-state index is 5.54. The molecule has 0 aromatic carbocycles. The van der Waals surface area contributed by atoms with Crippen LogP contribution in [0.15, 0.2) is 0 Å². The Hall–Kier alpha value is -0.0800. The average molecular weight is 298 g/mol. The van der Waals surface area contributed by atoms with E-state index in [1.54, 1.807) is 0 Å². The highest BCUT2D eigenvalue weighted by Gasteiger charge is 2.24. The molecule has 0 spiro atoms. The Kier molecular flexibility index (Phi) is 12.3. The van der Waals surface area contributed by atoms with Gasteiger partial charge in [-0.05, 0) is 25.3 Å². The summed E-state index contributed by atoms with van der Waals surface area (Å²) >= 11 is 0. The molecule has 1 fully saturated rings. The van der Waals surface area contributed by atoms with Gasteiger partial charge in [-0.15, -0.1) is 0 Å². The van der Waals surface area contributed by atoms with Crippen molar-refractivity contribution in [3.05, 3.63) is 0 Å². The number of unbranched alkanes of at least 4 members (excludes halogenated alkanes) is 9. The van der Waals surface area contributed by atoms with Gasteiger partial charge in [0.2, 0.25) is 0 Å². The van der Waals surface area contributed by atoms with E-state index in [2.05, 4.69) is 19.2 Å². The van der Waals surface area contributed by atoms with Crippen LogP contribution in [0.3, 0.4) is 0 Å². The fraction of sp³-hybridized carbons (Fsp3) is 1.00. The molecule has 2 atom stereocenters. The van der Waals surface area contributed by atoms with E-state index in [9.17, 15) is 0 Å². The highest BCUT2D eigenvalue weighted by atomic mass is 16.5. The largest absolute Gasteiger partial charge is 0.381 e. The second kappa shape index (κ2) is 13.6. The summed E-state index contributed by atoms with van der Waals surface area (Å²) in [5.74, 6) is 0.767. The van der Waals surface area contributed by atoms with Gasteiger partial charge in [-0.2, -0.15) is 0 Å². The first kappa shape index (κ1) is 19.0. The predicted octanol–water partition coefficient (Wildman–Crippen LogP) is 5.31. The molecule has 1 heterocycles. The minimum absolute atomic E-state index is 0.701. The molecule has 1 aliphatic heterocycles. The van der Waals surface area contributed by atoms with Crippen LogP contribution >= 0.6 is 0 Å². The Balaban J connectivity index is 1.91. The van der Waals surface area contributed by atoms with Crippen LogP contribution < -0.4 is 5.32 Å². The number of rotatable bonds is 14. The van der Waals surface area contributed by atoms with Gasteiger partial charge in [-0.25, -0.2) is 0 Å². The molecule has 1 rings (SSSR count). The third kappa shape index (κ3) is 9.52. The summed E-state index contributed by atoms with van der Waals surface area (Å²) in [6.07, 6.45) is 16.9. The topological polar surface area (TPSA) is 21.3 Å². The lowest BCUT2D eigenvalue weighted by molar-refractivity contribution is 0.175. The fourth-order valence-corrected chi connectivity index (χ4v) is 3.49. The van der Waals surface area contributed by atoms with E-state index < -0.39 is 0 Å². The lowest BCUT2D eigenvalue weighted by Gasteiger charge is -2.23. The van der Waals surface area contributed by atoms with Crippen LogP contribution in [-0.2, 0) is 4.74 Å². The second-order valence-corrected chi connectivity index (χ2v) is 6.76. The zero-order chi connectivity index (χ0) is 15.2. The first-order valence-electron chi connectivity index (χ1n) is 9.69. The molecule has 1 saturated heterocycles. The summed E-state index contributed by atoms with van der Waals surface area (Å²) in [5, 5.41) is 3.68. The zero-order valence-electron chi connectivity index (χ0n) is 14.7. The Morgan fingerprint density at radius 2 is 1.52 bits per heavy atom. The Bertz CT molecular complexity index is 214. The second-order valence-electron chi connectivity index (χ2n) is 6.76. The van der Waals surface area contributed by atoms with Crippen molar-refractivity contribution < 1.29 is 4.74 Å².